The van der Waals surface area contributed by atoms with Gasteiger partial charge in [0, 0.05) is 15.1 Å². The number of halogens is 2. The zero-order chi connectivity index (χ0) is 19.7. The minimum atomic E-state index is -0.166. The van der Waals surface area contributed by atoms with Gasteiger partial charge >= 0.3 is 0 Å². The molecule has 0 aliphatic carbocycles. The summed E-state index contributed by atoms with van der Waals surface area (Å²) in [4.78, 5) is 19.5. The van der Waals surface area contributed by atoms with Gasteiger partial charge in [-0.15, -0.1) is 0 Å². The first-order chi connectivity index (χ1) is 13.5. The molecule has 5 heteroatoms. The number of hydrogen-bond donors (Lipinski definition) is 0. The van der Waals surface area contributed by atoms with Crippen LogP contribution in [0.15, 0.2) is 88.0 Å². The average molecular weight is 452 g/mol. The predicted octanol–water partition coefficient (Wildman–Crippen LogP) is 6.25. The molecular weight excluding hydrogens is 436 g/mol. The highest BCUT2D eigenvalue weighted by Crippen LogP contribution is 2.29. The van der Waals surface area contributed by atoms with Gasteiger partial charge in [0.05, 0.1) is 5.69 Å². The lowest BCUT2D eigenvalue weighted by atomic mass is 10.1. The van der Waals surface area contributed by atoms with Crippen molar-refractivity contribution in [2.24, 2.45) is 4.99 Å². The van der Waals surface area contributed by atoms with Crippen LogP contribution in [0.4, 0.5) is 5.69 Å². The summed E-state index contributed by atoms with van der Waals surface area (Å²) in [5.41, 5.74) is 4.09. The van der Waals surface area contributed by atoms with Gasteiger partial charge in [0.15, 0.2) is 0 Å². The molecular formula is C23H16BrClN2O. The van der Waals surface area contributed by atoms with Gasteiger partial charge < -0.3 is 0 Å². The quantitative estimate of drug-likeness (QED) is 0.433. The van der Waals surface area contributed by atoms with Crippen molar-refractivity contribution in [1.82, 2.24) is 0 Å². The summed E-state index contributed by atoms with van der Waals surface area (Å²) in [7, 11) is 0. The van der Waals surface area contributed by atoms with Gasteiger partial charge in [-0.05, 0) is 55.0 Å². The van der Waals surface area contributed by atoms with Crippen molar-refractivity contribution in [3.63, 3.8) is 0 Å². The maximum absolute atomic E-state index is 13.2. The van der Waals surface area contributed by atoms with Gasteiger partial charge in [0.2, 0.25) is 0 Å². The van der Waals surface area contributed by atoms with Crippen LogP contribution in [-0.4, -0.2) is 11.7 Å². The Morgan fingerprint density at radius 3 is 2.21 bits per heavy atom. The fourth-order valence-electron chi connectivity index (χ4n) is 2.96. The molecule has 0 bridgehead atoms. The Balaban J connectivity index is 1.81. The zero-order valence-electron chi connectivity index (χ0n) is 15.1. The third-order valence-corrected chi connectivity index (χ3v) is 5.21. The summed E-state index contributed by atoms with van der Waals surface area (Å²) in [5.74, 6) is 0.430. The van der Waals surface area contributed by atoms with Crippen LogP contribution in [0, 0.1) is 6.92 Å². The molecule has 0 aromatic heterocycles. The summed E-state index contributed by atoms with van der Waals surface area (Å²) in [6.07, 6.45) is 1.82. The van der Waals surface area contributed by atoms with Gasteiger partial charge in [-0.25, -0.2) is 4.99 Å². The number of carbonyl (C=O) groups excluding carboxylic acids is 1. The summed E-state index contributed by atoms with van der Waals surface area (Å²) < 4.78 is 0.967. The Morgan fingerprint density at radius 1 is 0.929 bits per heavy atom. The van der Waals surface area contributed by atoms with Crippen molar-refractivity contribution in [2.75, 3.05) is 4.90 Å². The van der Waals surface area contributed by atoms with E-state index in [0.717, 1.165) is 21.3 Å². The lowest BCUT2D eigenvalue weighted by Gasteiger charge is -2.18. The lowest BCUT2D eigenvalue weighted by molar-refractivity contribution is -0.113. The molecule has 3 aromatic rings. The number of aryl methyl sites for hydroxylation is 1. The number of hydrogen-bond acceptors (Lipinski definition) is 2. The molecule has 1 aliphatic heterocycles. The first-order valence-electron chi connectivity index (χ1n) is 8.74. The zero-order valence-corrected chi connectivity index (χ0v) is 17.4. The standard InChI is InChI=1S/C23H16BrClN2O/c1-15-2-4-16(5-3-15)14-21-23(28)27(20-12-10-19(25)11-13-20)22(26-21)17-6-8-18(24)9-7-17/h2-14H,1H3/b21-14+. The molecule has 0 radical (unpaired) electrons. The second-order valence-corrected chi connectivity index (χ2v) is 7.85. The van der Waals surface area contributed by atoms with E-state index in [9.17, 15) is 4.79 Å². The second kappa shape index (κ2) is 7.74. The first-order valence-corrected chi connectivity index (χ1v) is 9.91. The number of anilines is 1. The van der Waals surface area contributed by atoms with Crippen molar-refractivity contribution in [2.45, 2.75) is 6.92 Å². The number of amides is 1. The van der Waals surface area contributed by atoms with Crippen molar-refractivity contribution in [3.05, 3.63) is 105 Å². The molecule has 1 heterocycles. The maximum atomic E-state index is 13.2. The van der Waals surface area contributed by atoms with E-state index < -0.39 is 0 Å². The monoisotopic (exact) mass is 450 g/mol. The summed E-state index contributed by atoms with van der Waals surface area (Å²) in [5, 5.41) is 0.618. The highest BCUT2D eigenvalue weighted by Gasteiger charge is 2.32. The number of carbonyl (C=O) groups is 1. The number of amidine groups is 1. The lowest BCUT2D eigenvalue weighted by Crippen LogP contribution is -2.32. The van der Waals surface area contributed by atoms with Crippen LogP contribution in [0.2, 0.25) is 5.02 Å². The third kappa shape index (κ3) is 3.79. The molecule has 0 saturated carbocycles. The Kier molecular flexibility index (Phi) is 5.16. The fraction of sp³-hybridized carbons (Fsp3) is 0.0435. The molecule has 3 nitrogen and oxygen atoms in total. The van der Waals surface area contributed by atoms with E-state index in [1.54, 1.807) is 17.0 Å². The van der Waals surface area contributed by atoms with E-state index in [2.05, 4.69) is 20.9 Å². The highest BCUT2D eigenvalue weighted by molar-refractivity contribution is 9.10. The molecule has 4 rings (SSSR count). The van der Waals surface area contributed by atoms with Crippen LogP contribution < -0.4 is 4.90 Å². The molecule has 1 aliphatic rings. The molecule has 3 aromatic carbocycles. The molecule has 0 spiro atoms. The van der Waals surface area contributed by atoms with Gasteiger partial charge in [-0.1, -0.05) is 69.5 Å². The van der Waals surface area contributed by atoms with Crippen molar-refractivity contribution < 1.29 is 4.79 Å². The largest absolute Gasteiger partial charge is 0.282 e. The smallest absolute Gasteiger partial charge is 0.266 e. The molecule has 138 valence electrons. The Morgan fingerprint density at radius 2 is 1.57 bits per heavy atom. The Labute approximate surface area is 177 Å². The number of benzene rings is 3. The Bertz CT molecular complexity index is 1080. The molecule has 0 N–H and O–H groups in total. The topological polar surface area (TPSA) is 32.7 Å². The van der Waals surface area contributed by atoms with Crippen LogP contribution in [0.25, 0.3) is 6.08 Å². The second-order valence-electron chi connectivity index (χ2n) is 6.50. The molecule has 0 saturated heterocycles. The van der Waals surface area contributed by atoms with Gasteiger partial charge in [0.1, 0.15) is 11.5 Å². The van der Waals surface area contributed by atoms with Crippen molar-refractivity contribution >= 4 is 51.0 Å². The maximum Gasteiger partial charge on any atom is 0.282 e. The van der Waals surface area contributed by atoms with Gasteiger partial charge in [0.25, 0.3) is 5.91 Å². The molecule has 1 amide bonds. The van der Waals surface area contributed by atoms with Crippen molar-refractivity contribution in [1.29, 1.82) is 0 Å². The van der Waals surface area contributed by atoms with Gasteiger partial charge in [-0.2, -0.15) is 0 Å². The predicted molar refractivity (Wildman–Crippen MR) is 119 cm³/mol. The molecule has 0 atom stereocenters. The van der Waals surface area contributed by atoms with Crippen LogP contribution in [-0.2, 0) is 4.79 Å². The number of aliphatic imine (C=N–C) groups is 1. The van der Waals surface area contributed by atoms with E-state index in [1.165, 1.54) is 5.56 Å². The molecule has 28 heavy (non-hydrogen) atoms. The summed E-state index contributed by atoms with van der Waals surface area (Å²) in [6.45, 7) is 2.03. The van der Waals surface area contributed by atoms with E-state index in [-0.39, 0.29) is 5.91 Å². The van der Waals surface area contributed by atoms with E-state index in [1.807, 2.05) is 73.7 Å². The van der Waals surface area contributed by atoms with Crippen LogP contribution >= 0.6 is 27.5 Å². The minimum Gasteiger partial charge on any atom is -0.266 e. The molecule has 0 unspecified atom stereocenters. The average Bonchev–Trinajstić information content (AvgIpc) is 3.01. The SMILES string of the molecule is Cc1ccc(/C=C2/N=C(c3ccc(Br)cc3)N(c3ccc(Cl)cc3)C2=O)cc1. The van der Waals surface area contributed by atoms with Crippen LogP contribution in [0.5, 0.6) is 0 Å². The van der Waals surface area contributed by atoms with Crippen molar-refractivity contribution in [3.8, 4) is 0 Å². The fourth-order valence-corrected chi connectivity index (χ4v) is 3.35. The van der Waals surface area contributed by atoms with E-state index in [4.69, 9.17) is 11.6 Å². The van der Waals surface area contributed by atoms with E-state index >= 15 is 0 Å². The van der Waals surface area contributed by atoms with Gasteiger partial charge in [-0.3, -0.25) is 9.69 Å². The minimum absolute atomic E-state index is 0.166. The highest BCUT2D eigenvalue weighted by atomic mass is 79.9. The summed E-state index contributed by atoms with van der Waals surface area (Å²) >= 11 is 9.47. The number of nitrogens with zero attached hydrogens (tertiary/aromatic N) is 2. The Hall–Kier alpha value is -2.69. The van der Waals surface area contributed by atoms with E-state index in [0.29, 0.717) is 16.6 Å². The summed E-state index contributed by atoms with van der Waals surface area (Å²) in [6, 6.07) is 22.9. The van der Waals surface area contributed by atoms with Crippen LogP contribution in [0.1, 0.15) is 16.7 Å². The third-order valence-electron chi connectivity index (χ3n) is 4.43. The van der Waals surface area contributed by atoms with Crippen LogP contribution in [0.3, 0.4) is 0 Å². The number of rotatable bonds is 3. The molecule has 0 fully saturated rings. The first kappa shape index (κ1) is 18.7. The normalized spacial score (nSPS) is 15.2.